The third kappa shape index (κ3) is 2.06. The second kappa shape index (κ2) is 3.87. The van der Waals surface area contributed by atoms with E-state index in [2.05, 4.69) is 20.9 Å². The zero-order chi connectivity index (χ0) is 10.0. The maximum atomic E-state index is 12.2. The Balaban J connectivity index is 3.20. The highest BCUT2D eigenvalue weighted by molar-refractivity contribution is 9.10. The molecule has 0 fully saturated rings. The van der Waals surface area contributed by atoms with E-state index in [1.54, 1.807) is 0 Å². The molecule has 0 aliphatic rings. The first-order valence-corrected chi connectivity index (χ1v) is 4.13. The van der Waals surface area contributed by atoms with Gasteiger partial charge < -0.3 is 10.5 Å². The van der Waals surface area contributed by atoms with Crippen LogP contribution in [0.15, 0.2) is 10.5 Å². The maximum absolute atomic E-state index is 12.2. The molecule has 1 aromatic rings. The lowest BCUT2D eigenvalue weighted by molar-refractivity contribution is 0.146. The largest absolute Gasteiger partial charge is 0.492 e. The SMILES string of the molecule is COc1c(Br)cc(C(F)F)nc1N. The molecule has 0 saturated carbocycles. The third-order valence-corrected chi connectivity index (χ3v) is 1.99. The number of nitrogen functional groups attached to an aromatic ring is 1. The first-order chi connectivity index (χ1) is 6.06. The summed E-state index contributed by atoms with van der Waals surface area (Å²) in [5.74, 6) is 0.219. The highest BCUT2D eigenvalue weighted by Crippen LogP contribution is 2.32. The number of halogens is 3. The molecule has 2 N–H and O–H groups in total. The number of hydrogen-bond donors (Lipinski definition) is 1. The monoisotopic (exact) mass is 252 g/mol. The number of rotatable bonds is 2. The first-order valence-electron chi connectivity index (χ1n) is 3.34. The van der Waals surface area contributed by atoms with E-state index in [4.69, 9.17) is 10.5 Å². The van der Waals surface area contributed by atoms with Gasteiger partial charge in [-0.05, 0) is 22.0 Å². The number of pyridine rings is 1. The Morgan fingerprint density at radius 1 is 1.62 bits per heavy atom. The van der Waals surface area contributed by atoms with Crippen molar-refractivity contribution in [3.05, 3.63) is 16.2 Å². The summed E-state index contributed by atoms with van der Waals surface area (Å²) in [6, 6.07) is 1.18. The molecule has 0 unspecified atom stereocenters. The van der Waals surface area contributed by atoms with Crippen LogP contribution in [0, 0.1) is 0 Å². The number of hydrogen-bond acceptors (Lipinski definition) is 3. The van der Waals surface area contributed by atoms with Gasteiger partial charge in [-0.1, -0.05) is 0 Å². The van der Waals surface area contributed by atoms with Gasteiger partial charge in [0.1, 0.15) is 5.69 Å². The van der Waals surface area contributed by atoms with Crippen LogP contribution in [0.5, 0.6) is 5.75 Å². The van der Waals surface area contributed by atoms with Gasteiger partial charge in [0.2, 0.25) is 0 Å². The van der Waals surface area contributed by atoms with Crippen molar-refractivity contribution in [2.45, 2.75) is 6.43 Å². The van der Waals surface area contributed by atoms with Crippen LogP contribution in [0.4, 0.5) is 14.6 Å². The highest BCUT2D eigenvalue weighted by Gasteiger charge is 2.14. The van der Waals surface area contributed by atoms with Gasteiger partial charge >= 0.3 is 0 Å². The number of ether oxygens (including phenoxy) is 1. The van der Waals surface area contributed by atoms with E-state index in [-0.39, 0.29) is 17.3 Å². The molecule has 0 amide bonds. The van der Waals surface area contributed by atoms with Crippen LogP contribution in [0.25, 0.3) is 0 Å². The Hall–Kier alpha value is -0.910. The molecule has 0 aliphatic carbocycles. The average molecular weight is 253 g/mol. The number of aromatic nitrogens is 1. The quantitative estimate of drug-likeness (QED) is 0.880. The lowest BCUT2D eigenvalue weighted by atomic mass is 10.3. The fourth-order valence-corrected chi connectivity index (χ4v) is 1.45. The van der Waals surface area contributed by atoms with E-state index in [1.165, 1.54) is 13.2 Å². The topological polar surface area (TPSA) is 48.1 Å². The standard InChI is InChI=1S/C7H7BrF2N2O/c1-13-5-3(8)2-4(6(9)10)12-7(5)11/h2,6H,1H3,(H2,11,12). The van der Waals surface area contributed by atoms with Gasteiger partial charge in [0.25, 0.3) is 6.43 Å². The minimum absolute atomic E-state index is 0.0489. The summed E-state index contributed by atoms with van der Waals surface area (Å²) >= 11 is 3.05. The van der Waals surface area contributed by atoms with Crippen LogP contribution >= 0.6 is 15.9 Å². The third-order valence-electron chi connectivity index (χ3n) is 1.40. The van der Waals surface area contributed by atoms with Crippen molar-refractivity contribution in [3.63, 3.8) is 0 Å². The van der Waals surface area contributed by atoms with E-state index in [0.29, 0.717) is 4.47 Å². The molecule has 1 aromatic heterocycles. The van der Waals surface area contributed by atoms with Crippen molar-refractivity contribution in [2.24, 2.45) is 0 Å². The smallest absolute Gasteiger partial charge is 0.280 e. The molecule has 0 aromatic carbocycles. The van der Waals surface area contributed by atoms with Crippen molar-refractivity contribution in [1.82, 2.24) is 4.98 Å². The molecule has 3 nitrogen and oxygen atoms in total. The summed E-state index contributed by atoms with van der Waals surface area (Å²) in [6.07, 6.45) is -2.63. The molecule has 13 heavy (non-hydrogen) atoms. The molecule has 0 bridgehead atoms. The van der Waals surface area contributed by atoms with Crippen LogP contribution in [-0.4, -0.2) is 12.1 Å². The van der Waals surface area contributed by atoms with Gasteiger partial charge in [0.05, 0.1) is 11.6 Å². The minimum atomic E-state index is -2.63. The van der Waals surface area contributed by atoms with E-state index in [1.807, 2.05) is 0 Å². The molecule has 72 valence electrons. The Bertz CT molecular complexity index is 296. The minimum Gasteiger partial charge on any atom is -0.492 e. The number of methoxy groups -OCH3 is 1. The van der Waals surface area contributed by atoms with Crippen LogP contribution in [0.3, 0.4) is 0 Å². The summed E-state index contributed by atoms with van der Waals surface area (Å²) in [7, 11) is 1.39. The molecule has 1 heterocycles. The molecule has 0 spiro atoms. The zero-order valence-electron chi connectivity index (χ0n) is 6.72. The molecular weight excluding hydrogens is 246 g/mol. The summed E-state index contributed by atoms with van der Waals surface area (Å²) in [4.78, 5) is 3.48. The highest BCUT2D eigenvalue weighted by atomic mass is 79.9. The summed E-state index contributed by atoms with van der Waals surface area (Å²) in [5.41, 5.74) is 5.00. The molecule has 0 aliphatic heterocycles. The molecular formula is C7H7BrF2N2O. The maximum Gasteiger partial charge on any atom is 0.280 e. The van der Waals surface area contributed by atoms with Gasteiger partial charge in [0, 0.05) is 0 Å². The van der Waals surface area contributed by atoms with E-state index >= 15 is 0 Å². The molecule has 0 saturated heterocycles. The molecule has 6 heteroatoms. The van der Waals surface area contributed by atoms with Gasteiger partial charge in [-0.2, -0.15) is 0 Å². The Kier molecular flexibility index (Phi) is 3.02. The Labute approximate surface area is 82.0 Å². The van der Waals surface area contributed by atoms with Crippen LogP contribution in [0.2, 0.25) is 0 Å². The van der Waals surface area contributed by atoms with E-state index in [9.17, 15) is 8.78 Å². The van der Waals surface area contributed by atoms with Crippen molar-refractivity contribution >= 4 is 21.7 Å². The molecule has 1 rings (SSSR count). The Morgan fingerprint density at radius 2 is 2.23 bits per heavy atom. The number of anilines is 1. The van der Waals surface area contributed by atoms with Crippen LogP contribution in [0.1, 0.15) is 12.1 Å². The average Bonchev–Trinajstić information content (AvgIpc) is 2.03. The second-order valence-corrected chi connectivity index (χ2v) is 3.10. The second-order valence-electron chi connectivity index (χ2n) is 2.25. The van der Waals surface area contributed by atoms with Crippen LogP contribution in [-0.2, 0) is 0 Å². The summed E-state index contributed by atoms with van der Waals surface area (Å²) < 4.78 is 29.6. The van der Waals surface area contributed by atoms with Crippen molar-refractivity contribution in [3.8, 4) is 5.75 Å². The number of nitrogens with zero attached hydrogens (tertiary/aromatic N) is 1. The molecule has 0 atom stereocenters. The predicted octanol–water partition coefficient (Wildman–Crippen LogP) is 2.37. The normalized spacial score (nSPS) is 10.5. The predicted molar refractivity (Wildman–Crippen MR) is 47.9 cm³/mol. The van der Waals surface area contributed by atoms with Gasteiger partial charge in [-0.3, -0.25) is 0 Å². The zero-order valence-corrected chi connectivity index (χ0v) is 8.31. The fourth-order valence-electron chi connectivity index (χ4n) is 0.854. The lowest BCUT2D eigenvalue weighted by Gasteiger charge is -2.07. The number of alkyl halides is 2. The van der Waals surface area contributed by atoms with Crippen molar-refractivity contribution in [1.29, 1.82) is 0 Å². The summed E-state index contributed by atoms with van der Waals surface area (Å²) in [6.45, 7) is 0. The van der Waals surface area contributed by atoms with Crippen LogP contribution < -0.4 is 10.5 Å². The van der Waals surface area contributed by atoms with E-state index < -0.39 is 6.43 Å². The molecule has 0 radical (unpaired) electrons. The Morgan fingerprint density at radius 3 is 2.62 bits per heavy atom. The number of nitrogens with two attached hydrogens (primary N) is 1. The van der Waals surface area contributed by atoms with E-state index in [0.717, 1.165) is 0 Å². The first kappa shape index (κ1) is 10.2. The summed E-state index contributed by atoms with van der Waals surface area (Å²) in [5, 5.41) is 0. The van der Waals surface area contributed by atoms with Crippen molar-refractivity contribution < 1.29 is 13.5 Å². The van der Waals surface area contributed by atoms with Gasteiger partial charge in [-0.15, -0.1) is 0 Å². The fraction of sp³-hybridized carbons (Fsp3) is 0.286. The lowest BCUT2D eigenvalue weighted by Crippen LogP contribution is -2.00. The van der Waals surface area contributed by atoms with Gasteiger partial charge in [0.15, 0.2) is 11.6 Å². The van der Waals surface area contributed by atoms with Gasteiger partial charge in [-0.25, -0.2) is 13.8 Å². The van der Waals surface area contributed by atoms with Crippen molar-refractivity contribution in [2.75, 3.05) is 12.8 Å².